The molecule has 1 heterocycles. The molecule has 0 aromatic heterocycles. The molecule has 1 aromatic rings. The van der Waals surface area contributed by atoms with Gasteiger partial charge in [-0.3, -0.25) is 4.79 Å². The number of nitrogens with two attached hydrogens (primary N) is 1. The predicted molar refractivity (Wildman–Crippen MR) is 92.4 cm³/mol. The highest BCUT2D eigenvalue weighted by atomic mass is 16.5. The lowest BCUT2D eigenvalue weighted by Gasteiger charge is -2.40. The number of aromatic hydroxyl groups is 1. The Bertz CT molecular complexity index is 752. The molecule has 7 N–H and O–H groups in total. The van der Waals surface area contributed by atoms with E-state index in [0.29, 0.717) is 12.0 Å². The molecule has 1 aliphatic carbocycles. The maximum atomic E-state index is 11.8. The van der Waals surface area contributed by atoms with Crippen molar-refractivity contribution >= 4 is 19.0 Å². The Balaban J connectivity index is 1.71. The van der Waals surface area contributed by atoms with Crippen LogP contribution in [0.15, 0.2) is 12.1 Å². The molecular formula is C16H21BN2O8. The van der Waals surface area contributed by atoms with Crippen LogP contribution in [0, 0.1) is 0 Å². The van der Waals surface area contributed by atoms with Crippen LogP contribution in [-0.4, -0.2) is 81.1 Å². The maximum absolute atomic E-state index is 11.8. The van der Waals surface area contributed by atoms with Crippen molar-refractivity contribution in [3.8, 4) is 11.5 Å². The number of aliphatic hydroxyl groups is 1. The molecule has 1 amide bonds. The number of likely N-dealkylation sites (tertiary alicyclic amines) is 1. The molecule has 1 saturated carbocycles. The van der Waals surface area contributed by atoms with Gasteiger partial charge in [-0.2, -0.15) is 0 Å². The molecule has 0 bridgehead atoms. The van der Waals surface area contributed by atoms with E-state index in [9.17, 15) is 29.9 Å². The highest BCUT2D eigenvalue weighted by molar-refractivity contribution is 6.44. The van der Waals surface area contributed by atoms with E-state index in [1.54, 1.807) is 0 Å². The van der Waals surface area contributed by atoms with Gasteiger partial charge in [0.15, 0.2) is 0 Å². The summed E-state index contributed by atoms with van der Waals surface area (Å²) in [5.41, 5.74) is 5.39. The minimum atomic E-state index is -1.53. The molecule has 2 fully saturated rings. The van der Waals surface area contributed by atoms with Crippen LogP contribution in [-0.2, 0) is 4.79 Å². The minimum Gasteiger partial charge on any atom is -0.507 e. The van der Waals surface area contributed by atoms with E-state index < -0.39 is 54.9 Å². The SMILES string of the molecule is NC(CO)C(=O)N1CC(Oc2ccc(C3CC3B(O)O)c(O)c2C(=O)O)C1. The monoisotopic (exact) mass is 380 g/mol. The summed E-state index contributed by atoms with van der Waals surface area (Å²) in [6.45, 7) is -0.0882. The number of hydrogen-bond acceptors (Lipinski definition) is 8. The van der Waals surface area contributed by atoms with E-state index in [2.05, 4.69) is 0 Å². The summed E-state index contributed by atoms with van der Waals surface area (Å²) in [5.74, 6) is -3.05. The third-order valence-corrected chi connectivity index (χ3v) is 4.97. The van der Waals surface area contributed by atoms with Crippen molar-refractivity contribution in [1.29, 1.82) is 0 Å². The number of hydrogen-bond donors (Lipinski definition) is 6. The van der Waals surface area contributed by atoms with Gasteiger partial charge in [0.05, 0.1) is 19.7 Å². The molecule has 0 radical (unpaired) electrons. The van der Waals surface area contributed by atoms with Gasteiger partial charge in [0.2, 0.25) is 5.91 Å². The molecule has 27 heavy (non-hydrogen) atoms. The van der Waals surface area contributed by atoms with E-state index in [-0.39, 0.29) is 24.8 Å². The van der Waals surface area contributed by atoms with E-state index in [1.807, 2.05) is 0 Å². The number of aromatic carboxylic acids is 1. The number of phenols is 1. The van der Waals surface area contributed by atoms with Gasteiger partial charge in [0.25, 0.3) is 0 Å². The zero-order chi connectivity index (χ0) is 19.9. The molecule has 146 valence electrons. The van der Waals surface area contributed by atoms with Crippen LogP contribution in [0.1, 0.15) is 28.3 Å². The molecule has 1 saturated heterocycles. The van der Waals surface area contributed by atoms with Crippen molar-refractivity contribution in [2.75, 3.05) is 19.7 Å². The van der Waals surface area contributed by atoms with E-state index in [1.165, 1.54) is 17.0 Å². The average Bonchev–Trinajstić information content (AvgIpc) is 3.36. The highest BCUT2D eigenvalue weighted by Crippen LogP contribution is 2.56. The number of benzene rings is 1. The fraction of sp³-hybridized carbons (Fsp3) is 0.500. The van der Waals surface area contributed by atoms with Gasteiger partial charge in [0.1, 0.15) is 29.2 Å². The molecule has 10 nitrogen and oxygen atoms in total. The Morgan fingerprint density at radius 3 is 2.52 bits per heavy atom. The first-order valence-electron chi connectivity index (χ1n) is 8.51. The fourth-order valence-electron chi connectivity index (χ4n) is 3.28. The first-order valence-corrected chi connectivity index (χ1v) is 8.51. The second-order valence-electron chi connectivity index (χ2n) is 6.87. The second-order valence-corrected chi connectivity index (χ2v) is 6.87. The van der Waals surface area contributed by atoms with Crippen molar-refractivity contribution in [3.05, 3.63) is 23.3 Å². The first kappa shape index (κ1) is 19.4. The first-order chi connectivity index (χ1) is 12.7. The Morgan fingerprint density at radius 2 is 2.00 bits per heavy atom. The molecule has 2 aliphatic rings. The smallest absolute Gasteiger partial charge is 0.455 e. The summed E-state index contributed by atoms with van der Waals surface area (Å²) >= 11 is 0. The van der Waals surface area contributed by atoms with Crippen molar-refractivity contribution in [1.82, 2.24) is 4.90 Å². The average molecular weight is 380 g/mol. The fourth-order valence-corrected chi connectivity index (χ4v) is 3.28. The van der Waals surface area contributed by atoms with Crippen LogP contribution < -0.4 is 10.5 Å². The number of carboxylic acid groups (broad SMARTS) is 1. The lowest BCUT2D eigenvalue weighted by molar-refractivity contribution is -0.142. The lowest BCUT2D eigenvalue weighted by Crippen LogP contribution is -2.60. The van der Waals surface area contributed by atoms with E-state index in [4.69, 9.17) is 15.6 Å². The molecular weight excluding hydrogens is 359 g/mol. The summed E-state index contributed by atoms with van der Waals surface area (Å²) in [6.07, 6.45) is -0.0221. The van der Waals surface area contributed by atoms with Gasteiger partial charge in [-0.25, -0.2) is 4.79 Å². The highest BCUT2D eigenvalue weighted by Gasteiger charge is 2.48. The van der Waals surface area contributed by atoms with Gasteiger partial charge in [-0.1, -0.05) is 6.07 Å². The van der Waals surface area contributed by atoms with Crippen LogP contribution in [0.25, 0.3) is 0 Å². The van der Waals surface area contributed by atoms with Crippen molar-refractivity contribution in [3.63, 3.8) is 0 Å². The number of nitrogens with zero attached hydrogens (tertiary/aromatic N) is 1. The third-order valence-electron chi connectivity index (χ3n) is 4.97. The van der Waals surface area contributed by atoms with Gasteiger partial charge in [-0.05, 0) is 24.0 Å². The summed E-state index contributed by atoms with van der Waals surface area (Å²) in [6, 6.07) is 1.92. The molecule has 1 aromatic carbocycles. The van der Waals surface area contributed by atoms with Crippen LogP contribution in [0.4, 0.5) is 0 Å². The van der Waals surface area contributed by atoms with Crippen molar-refractivity contribution < 1.29 is 39.7 Å². The van der Waals surface area contributed by atoms with Gasteiger partial charge in [-0.15, -0.1) is 0 Å². The van der Waals surface area contributed by atoms with Crippen molar-refractivity contribution in [2.24, 2.45) is 5.73 Å². The molecule has 11 heteroatoms. The zero-order valence-corrected chi connectivity index (χ0v) is 14.4. The normalized spacial score (nSPS) is 22.7. The standard InChI is InChI=1S/C16H21BN2O8/c18-11(6-20)15(22)19-4-7(5-19)27-12-2-1-8(9-3-10(9)17(25)26)14(21)13(12)16(23)24/h1-2,7,9-11,20-21,25-26H,3-6,18H2,(H,23,24). The number of rotatable bonds is 7. The topological polar surface area (TPSA) is 174 Å². The molecule has 3 rings (SSSR count). The summed E-state index contributed by atoms with van der Waals surface area (Å²) in [5, 5.41) is 47.1. The van der Waals surface area contributed by atoms with Crippen LogP contribution >= 0.6 is 0 Å². The Hall–Kier alpha value is -2.34. The number of amides is 1. The molecule has 1 aliphatic heterocycles. The number of aliphatic hydroxyl groups excluding tert-OH is 1. The number of carboxylic acids is 1. The van der Waals surface area contributed by atoms with Crippen LogP contribution in [0.3, 0.4) is 0 Å². The second kappa shape index (κ2) is 7.35. The Labute approximate surface area is 154 Å². The van der Waals surface area contributed by atoms with Crippen LogP contribution in [0.5, 0.6) is 11.5 Å². The Morgan fingerprint density at radius 1 is 1.33 bits per heavy atom. The predicted octanol–water partition coefficient (Wildman–Crippen LogP) is -1.67. The molecule has 0 spiro atoms. The minimum absolute atomic E-state index is 0.0333. The molecule has 3 atom stereocenters. The Kier molecular flexibility index (Phi) is 5.29. The van der Waals surface area contributed by atoms with Gasteiger partial charge in [0, 0.05) is 5.82 Å². The quantitative estimate of drug-likeness (QED) is 0.302. The van der Waals surface area contributed by atoms with E-state index in [0.717, 1.165) is 0 Å². The largest absolute Gasteiger partial charge is 0.507 e. The number of carbonyl (C=O) groups excluding carboxylic acids is 1. The lowest BCUT2D eigenvalue weighted by atomic mass is 9.81. The van der Waals surface area contributed by atoms with Gasteiger partial charge < -0.3 is 40.7 Å². The van der Waals surface area contributed by atoms with Crippen LogP contribution in [0.2, 0.25) is 5.82 Å². The van der Waals surface area contributed by atoms with Gasteiger partial charge >= 0.3 is 13.1 Å². The molecule has 3 unspecified atom stereocenters. The maximum Gasteiger partial charge on any atom is 0.455 e. The summed E-state index contributed by atoms with van der Waals surface area (Å²) < 4.78 is 5.61. The summed E-state index contributed by atoms with van der Waals surface area (Å²) in [7, 11) is -1.53. The summed E-state index contributed by atoms with van der Waals surface area (Å²) in [4.78, 5) is 24.8. The van der Waals surface area contributed by atoms with E-state index >= 15 is 0 Å². The number of carbonyl (C=O) groups is 2. The van der Waals surface area contributed by atoms with Crippen molar-refractivity contribution in [2.45, 2.75) is 30.3 Å². The third kappa shape index (κ3) is 3.72. The zero-order valence-electron chi connectivity index (χ0n) is 14.4. The number of ether oxygens (including phenoxy) is 1.